The molecule has 0 radical (unpaired) electrons. The molecule has 1 N–H and O–H groups in total. The molecule has 0 aliphatic carbocycles. The normalized spacial score (nSPS) is 16.0. The summed E-state index contributed by atoms with van der Waals surface area (Å²) < 4.78 is 6.01. The minimum absolute atomic E-state index is 0. The molecule has 1 unspecified atom stereocenters. The summed E-state index contributed by atoms with van der Waals surface area (Å²) in [5, 5.41) is 5.46. The van der Waals surface area contributed by atoms with E-state index >= 15 is 0 Å². The molecule has 2 aromatic carbocycles. The van der Waals surface area contributed by atoms with Gasteiger partial charge in [0.1, 0.15) is 11.3 Å². The first-order valence-electron chi connectivity index (χ1n) is 8.92. The van der Waals surface area contributed by atoms with E-state index in [0.29, 0.717) is 0 Å². The number of hydrogen-bond acceptors (Lipinski definition) is 4. The van der Waals surface area contributed by atoms with Crippen molar-refractivity contribution in [3.05, 3.63) is 70.4 Å². The van der Waals surface area contributed by atoms with Crippen molar-refractivity contribution in [2.24, 2.45) is 4.99 Å². The summed E-state index contributed by atoms with van der Waals surface area (Å²) in [6.45, 7) is 3.62. The minimum atomic E-state index is 0. The molecule has 3 aromatic rings. The van der Waals surface area contributed by atoms with Crippen molar-refractivity contribution in [3.63, 3.8) is 0 Å². The van der Waals surface area contributed by atoms with E-state index < -0.39 is 0 Å². The number of para-hydroxylation sites is 1. The molecule has 27 heavy (non-hydrogen) atoms. The molecule has 0 spiro atoms. The smallest absolute Gasteiger partial charge is 0.194 e. The molecule has 1 atom stereocenters. The maximum absolute atomic E-state index is 6.01. The molecule has 1 aliphatic rings. The van der Waals surface area contributed by atoms with E-state index in [9.17, 15) is 0 Å². The average Bonchev–Trinajstić information content (AvgIpc) is 3.28. The van der Waals surface area contributed by atoms with E-state index in [2.05, 4.69) is 48.5 Å². The first-order chi connectivity index (χ1) is 12.7. The second-order valence-electron chi connectivity index (χ2n) is 6.62. The molecule has 2 heterocycles. The monoisotopic (exact) mass is 495 g/mol. The van der Waals surface area contributed by atoms with Crippen LogP contribution in [0.5, 0.6) is 0 Å². The van der Waals surface area contributed by atoms with Crippen molar-refractivity contribution in [1.82, 2.24) is 10.2 Å². The molecule has 0 saturated heterocycles. The molecule has 0 amide bonds. The summed E-state index contributed by atoms with van der Waals surface area (Å²) in [5.41, 5.74) is 3.39. The Hall–Kier alpha value is -1.73. The summed E-state index contributed by atoms with van der Waals surface area (Å²) in [4.78, 5) is 6.86. The highest BCUT2D eigenvalue weighted by molar-refractivity contribution is 14.0. The Balaban J connectivity index is 0.00000210. The molecule has 4 nitrogen and oxygen atoms in total. The number of fused-ring (bicyclic) bond motifs is 1. The van der Waals surface area contributed by atoms with Gasteiger partial charge in [-0.3, -0.25) is 4.99 Å². The first-order valence-corrected chi connectivity index (χ1v) is 9.30. The highest BCUT2D eigenvalue weighted by Crippen LogP contribution is 2.28. The van der Waals surface area contributed by atoms with Gasteiger partial charge in [-0.2, -0.15) is 0 Å². The van der Waals surface area contributed by atoms with Crippen LogP contribution in [0, 0.1) is 0 Å². The van der Waals surface area contributed by atoms with Gasteiger partial charge in [0, 0.05) is 36.0 Å². The molecule has 1 aromatic heterocycles. The number of guanidine groups is 1. The van der Waals surface area contributed by atoms with Gasteiger partial charge in [-0.05, 0) is 23.8 Å². The van der Waals surface area contributed by atoms with E-state index in [-0.39, 0.29) is 30.0 Å². The molecular formula is C21H23ClIN3O. The maximum Gasteiger partial charge on any atom is 0.194 e. The lowest BCUT2D eigenvalue weighted by molar-refractivity contribution is 0.467. The fourth-order valence-corrected chi connectivity index (χ4v) is 3.59. The van der Waals surface area contributed by atoms with Crippen molar-refractivity contribution < 1.29 is 4.42 Å². The summed E-state index contributed by atoms with van der Waals surface area (Å²) in [5.74, 6) is 1.96. The third-order valence-corrected chi connectivity index (χ3v) is 5.11. The molecule has 0 bridgehead atoms. The topological polar surface area (TPSA) is 40.8 Å². The zero-order valence-corrected chi connectivity index (χ0v) is 18.5. The summed E-state index contributed by atoms with van der Waals surface area (Å²) in [6.07, 6.45) is 0.880. The Kier molecular flexibility index (Phi) is 6.32. The van der Waals surface area contributed by atoms with Crippen LogP contribution in [0.25, 0.3) is 11.0 Å². The van der Waals surface area contributed by atoms with Gasteiger partial charge in [0.05, 0.1) is 12.6 Å². The SMILES string of the molecule is CCc1oc2ccccc2c1CN(C)C1=NCC(c2ccc(Cl)cc2)N1.I. The lowest BCUT2D eigenvalue weighted by atomic mass is 10.1. The van der Waals surface area contributed by atoms with E-state index in [1.165, 1.54) is 16.5 Å². The summed E-state index contributed by atoms with van der Waals surface area (Å²) >= 11 is 5.99. The number of halogens is 2. The summed E-state index contributed by atoms with van der Waals surface area (Å²) in [7, 11) is 2.07. The number of aliphatic imine (C=N–C) groups is 1. The molecule has 0 saturated carbocycles. The Morgan fingerprint density at radius 2 is 1.93 bits per heavy atom. The van der Waals surface area contributed by atoms with Crippen LogP contribution in [-0.2, 0) is 13.0 Å². The van der Waals surface area contributed by atoms with Crippen LogP contribution >= 0.6 is 35.6 Å². The molecule has 6 heteroatoms. The first kappa shape index (κ1) is 20.0. The van der Waals surface area contributed by atoms with Crippen LogP contribution in [0.4, 0.5) is 0 Å². The number of hydrogen-bond donors (Lipinski definition) is 1. The quantitative estimate of drug-likeness (QED) is 0.493. The summed E-state index contributed by atoms with van der Waals surface area (Å²) in [6, 6.07) is 16.4. The molecule has 4 rings (SSSR count). The molecule has 0 fully saturated rings. The number of furan rings is 1. The highest BCUT2D eigenvalue weighted by atomic mass is 127. The van der Waals surface area contributed by atoms with Gasteiger partial charge in [0.25, 0.3) is 0 Å². The Labute approximate surface area is 181 Å². The zero-order valence-electron chi connectivity index (χ0n) is 15.4. The van der Waals surface area contributed by atoms with Gasteiger partial charge in [-0.15, -0.1) is 24.0 Å². The van der Waals surface area contributed by atoms with E-state index in [4.69, 9.17) is 21.0 Å². The van der Waals surface area contributed by atoms with E-state index in [1.807, 2.05) is 24.3 Å². The number of nitrogens with zero attached hydrogens (tertiary/aromatic N) is 2. The van der Waals surface area contributed by atoms with Gasteiger partial charge in [0.15, 0.2) is 5.96 Å². The Morgan fingerprint density at radius 1 is 1.19 bits per heavy atom. The zero-order chi connectivity index (χ0) is 18.1. The van der Waals surface area contributed by atoms with Crippen molar-refractivity contribution in [3.8, 4) is 0 Å². The number of nitrogens with one attached hydrogen (secondary N) is 1. The van der Waals surface area contributed by atoms with Crippen molar-refractivity contribution in [1.29, 1.82) is 0 Å². The van der Waals surface area contributed by atoms with Gasteiger partial charge < -0.3 is 14.6 Å². The van der Waals surface area contributed by atoms with Crippen LogP contribution in [0.2, 0.25) is 5.02 Å². The van der Waals surface area contributed by atoms with E-state index in [1.54, 1.807) is 0 Å². The minimum Gasteiger partial charge on any atom is -0.461 e. The van der Waals surface area contributed by atoms with Crippen LogP contribution in [0.1, 0.15) is 29.9 Å². The second-order valence-corrected chi connectivity index (χ2v) is 7.06. The fourth-order valence-electron chi connectivity index (χ4n) is 3.46. The molecular weight excluding hydrogens is 473 g/mol. The van der Waals surface area contributed by atoms with Crippen LogP contribution in [0.15, 0.2) is 57.9 Å². The lowest BCUT2D eigenvalue weighted by Crippen LogP contribution is -2.36. The number of aryl methyl sites for hydroxylation is 1. The van der Waals surface area contributed by atoms with Crippen molar-refractivity contribution >= 4 is 52.5 Å². The average molecular weight is 496 g/mol. The van der Waals surface area contributed by atoms with Crippen LogP contribution in [0.3, 0.4) is 0 Å². The van der Waals surface area contributed by atoms with E-state index in [0.717, 1.165) is 41.8 Å². The molecule has 1 aliphatic heterocycles. The Bertz CT molecular complexity index is 952. The van der Waals surface area contributed by atoms with Gasteiger partial charge in [0.2, 0.25) is 0 Å². The highest BCUT2D eigenvalue weighted by Gasteiger charge is 2.23. The second kappa shape index (κ2) is 8.52. The van der Waals surface area contributed by atoms with Gasteiger partial charge in [-0.25, -0.2) is 0 Å². The Morgan fingerprint density at radius 3 is 2.67 bits per heavy atom. The largest absolute Gasteiger partial charge is 0.461 e. The third kappa shape index (κ3) is 4.09. The van der Waals surface area contributed by atoms with Gasteiger partial charge >= 0.3 is 0 Å². The van der Waals surface area contributed by atoms with Crippen molar-refractivity contribution in [2.45, 2.75) is 25.9 Å². The van der Waals surface area contributed by atoms with Crippen LogP contribution in [-0.4, -0.2) is 24.5 Å². The predicted molar refractivity (Wildman–Crippen MR) is 122 cm³/mol. The lowest BCUT2D eigenvalue weighted by Gasteiger charge is -2.21. The van der Waals surface area contributed by atoms with Gasteiger partial charge in [-0.1, -0.05) is 48.9 Å². The fraction of sp³-hybridized carbons (Fsp3) is 0.286. The molecule has 142 valence electrons. The third-order valence-electron chi connectivity index (χ3n) is 4.86. The number of benzene rings is 2. The maximum atomic E-state index is 6.01. The number of rotatable bonds is 4. The predicted octanol–water partition coefficient (Wildman–Crippen LogP) is 5.40. The van der Waals surface area contributed by atoms with Crippen molar-refractivity contribution in [2.75, 3.05) is 13.6 Å². The standard InChI is InChI=1S/C21H22ClN3O.HI/c1-3-19-17(16-6-4-5-7-20(16)26-19)13-25(2)21-23-12-18(24-21)14-8-10-15(22)11-9-14;/h4-11,18H,3,12-13H2,1-2H3,(H,23,24);1H. The van der Waals surface area contributed by atoms with Crippen LogP contribution < -0.4 is 5.32 Å².